The van der Waals surface area contributed by atoms with E-state index in [0.717, 1.165) is 12.8 Å². The standard InChI is InChI=1S/C19H19FN2O4/c1-12-4-2-5-15(18(12)22(24)25)19(23)21-17(16-6-3-11-26-16)13-7-9-14(20)10-8-13/h2,4-5,7-10,16-17H,3,6,11H2,1H3,(H,21,23)/t16-,17+/m0/s1. The second-order valence-corrected chi connectivity index (χ2v) is 6.28. The highest BCUT2D eigenvalue weighted by atomic mass is 19.1. The number of amides is 1. The second kappa shape index (κ2) is 7.61. The first kappa shape index (κ1) is 18.0. The average Bonchev–Trinajstić information content (AvgIpc) is 3.14. The molecular weight excluding hydrogens is 339 g/mol. The number of nitro groups is 1. The van der Waals surface area contributed by atoms with E-state index < -0.39 is 16.9 Å². The predicted molar refractivity (Wildman–Crippen MR) is 93.4 cm³/mol. The number of nitrogens with zero attached hydrogens (tertiary/aromatic N) is 1. The zero-order valence-corrected chi connectivity index (χ0v) is 14.3. The first-order chi connectivity index (χ1) is 12.5. The summed E-state index contributed by atoms with van der Waals surface area (Å²) in [6.07, 6.45) is 1.36. The predicted octanol–water partition coefficient (Wildman–Crippen LogP) is 3.69. The van der Waals surface area contributed by atoms with Crippen molar-refractivity contribution in [3.63, 3.8) is 0 Å². The molecule has 136 valence electrons. The van der Waals surface area contributed by atoms with Crippen LogP contribution in [-0.4, -0.2) is 23.5 Å². The molecule has 6 nitrogen and oxygen atoms in total. The van der Waals surface area contributed by atoms with Crippen molar-refractivity contribution < 1.29 is 18.8 Å². The minimum atomic E-state index is -0.552. The molecule has 0 aromatic heterocycles. The van der Waals surface area contributed by atoms with Crippen molar-refractivity contribution in [2.75, 3.05) is 6.61 Å². The van der Waals surface area contributed by atoms with Crippen molar-refractivity contribution in [1.29, 1.82) is 0 Å². The molecule has 0 aliphatic carbocycles. The number of ether oxygens (including phenoxy) is 1. The van der Waals surface area contributed by atoms with Crippen molar-refractivity contribution in [2.45, 2.75) is 31.9 Å². The lowest BCUT2D eigenvalue weighted by molar-refractivity contribution is -0.385. The fourth-order valence-corrected chi connectivity index (χ4v) is 3.23. The largest absolute Gasteiger partial charge is 0.376 e. The fourth-order valence-electron chi connectivity index (χ4n) is 3.23. The van der Waals surface area contributed by atoms with Gasteiger partial charge in [0.05, 0.1) is 17.1 Å². The van der Waals surface area contributed by atoms with E-state index in [-0.39, 0.29) is 23.2 Å². The maximum absolute atomic E-state index is 13.2. The molecule has 0 spiro atoms. The number of nitro benzene ring substituents is 1. The number of hydrogen-bond acceptors (Lipinski definition) is 4. The lowest BCUT2D eigenvalue weighted by Gasteiger charge is -2.25. The molecule has 1 fully saturated rings. The summed E-state index contributed by atoms with van der Waals surface area (Å²) in [6, 6.07) is 9.93. The lowest BCUT2D eigenvalue weighted by atomic mass is 9.98. The normalized spacial score (nSPS) is 17.7. The van der Waals surface area contributed by atoms with Crippen LogP contribution in [0.2, 0.25) is 0 Å². The number of nitrogens with one attached hydrogen (secondary N) is 1. The van der Waals surface area contributed by atoms with Crippen molar-refractivity contribution in [3.05, 3.63) is 75.1 Å². The molecule has 2 aromatic rings. The van der Waals surface area contributed by atoms with Crippen LogP contribution >= 0.6 is 0 Å². The third-order valence-electron chi connectivity index (χ3n) is 4.52. The van der Waals surface area contributed by atoms with Crippen LogP contribution in [0.1, 0.15) is 40.4 Å². The van der Waals surface area contributed by atoms with Gasteiger partial charge in [-0.15, -0.1) is 0 Å². The molecule has 7 heteroatoms. The Morgan fingerprint density at radius 2 is 2.04 bits per heavy atom. The van der Waals surface area contributed by atoms with E-state index in [1.54, 1.807) is 31.2 Å². The van der Waals surface area contributed by atoms with Crippen molar-refractivity contribution in [1.82, 2.24) is 5.32 Å². The molecule has 1 aliphatic rings. The van der Waals surface area contributed by atoms with Gasteiger partial charge in [0, 0.05) is 12.2 Å². The summed E-state index contributed by atoms with van der Waals surface area (Å²) in [6.45, 7) is 2.18. The molecule has 1 aliphatic heterocycles. The molecule has 0 unspecified atom stereocenters. The molecule has 2 atom stereocenters. The van der Waals surface area contributed by atoms with E-state index in [0.29, 0.717) is 17.7 Å². The van der Waals surface area contributed by atoms with Gasteiger partial charge in [-0.05, 0) is 43.5 Å². The van der Waals surface area contributed by atoms with Gasteiger partial charge in [-0.1, -0.05) is 24.3 Å². The number of rotatable bonds is 5. The van der Waals surface area contributed by atoms with Crippen LogP contribution in [0.3, 0.4) is 0 Å². The second-order valence-electron chi connectivity index (χ2n) is 6.28. The van der Waals surface area contributed by atoms with Crippen LogP contribution in [0.4, 0.5) is 10.1 Å². The van der Waals surface area contributed by atoms with Crippen molar-refractivity contribution in [2.24, 2.45) is 0 Å². The van der Waals surface area contributed by atoms with Gasteiger partial charge in [0.2, 0.25) is 0 Å². The maximum Gasteiger partial charge on any atom is 0.285 e. The number of aryl methyl sites for hydroxylation is 1. The van der Waals surface area contributed by atoms with Crippen LogP contribution in [0.5, 0.6) is 0 Å². The van der Waals surface area contributed by atoms with Crippen molar-refractivity contribution >= 4 is 11.6 Å². The van der Waals surface area contributed by atoms with E-state index in [1.807, 2.05) is 0 Å². The van der Waals surface area contributed by atoms with Crippen molar-refractivity contribution in [3.8, 4) is 0 Å². The Kier molecular flexibility index (Phi) is 5.27. The van der Waals surface area contributed by atoms with E-state index in [2.05, 4.69) is 5.32 Å². The molecule has 26 heavy (non-hydrogen) atoms. The number of carbonyl (C=O) groups is 1. The zero-order valence-electron chi connectivity index (χ0n) is 14.3. The number of halogens is 1. The van der Waals surface area contributed by atoms with Crippen LogP contribution in [0, 0.1) is 22.9 Å². The Hall–Kier alpha value is -2.80. The van der Waals surface area contributed by atoms with Gasteiger partial charge in [-0.3, -0.25) is 14.9 Å². The van der Waals surface area contributed by atoms with E-state index in [9.17, 15) is 19.3 Å². The van der Waals surface area contributed by atoms with Gasteiger partial charge >= 0.3 is 0 Å². The Morgan fingerprint density at radius 1 is 1.31 bits per heavy atom. The lowest BCUT2D eigenvalue weighted by Crippen LogP contribution is -2.36. The average molecular weight is 358 g/mol. The smallest absolute Gasteiger partial charge is 0.285 e. The fraction of sp³-hybridized carbons (Fsp3) is 0.316. The summed E-state index contributed by atoms with van der Waals surface area (Å²) in [5.41, 5.74) is 0.898. The molecule has 1 N–H and O–H groups in total. The molecule has 2 aromatic carbocycles. The molecular formula is C19H19FN2O4. The Morgan fingerprint density at radius 3 is 2.65 bits per heavy atom. The van der Waals surface area contributed by atoms with Crippen LogP contribution < -0.4 is 5.32 Å². The summed E-state index contributed by atoms with van der Waals surface area (Å²) >= 11 is 0. The molecule has 0 bridgehead atoms. The summed E-state index contributed by atoms with van der Waals surface area (Å²) in [5.74, 6) is -0.925. The maximum atomic E-state index is 13.2. The molecule has 1 saturated heterocycles. The van der Waals surface area contributed by atoms with Gasteiger partial charge in [0.25, 0.3) is 11.6 Å². The van der Waals surface area contributed by atoms with Gasteiger partial charge in [0.15, 0.2) is 0 Å². The molecule has 3 rings (SSSR count). The minimum absolute atomic E-state index is 0.000101. The highest BCUT2D eigenvalue weighted by Crippen LogP contribution is 2.29. The summed E-state index contributed by atoms with van der Waals surface area (Å²) in [5, 5.41) is 14.2. The first-order valence-electron chi connectivity index (χ1n) is 8.39. The monoisotopic (exact) mass is 358 g/mol. The molecule has 1 heterocycles. The van der Waals surface area contributed by atoms with Gasteiger partial charge in [0.1, 0.15) is 11.4 Å². The summed E-state index contributed by atoms with van der Waals surface area (Å²) in [4.78, 5) is 23.6. The van der Waals surface area contributed by atoms with Crippen LogP contribution in [-0.2, 0) is 4.74 Å². The summed E-state index contributed by atoms with van der Waals surface area (Å²) < 4.78 is 18.9. The Labute approximate surface area is 150 Å². The number of hydrogen-bond donors (Lipinski definition) is 1. The highest BCUT2D eigenvalue weighted by Gasteiger charge is 2.31. The van der Waals surface area contributed by atoms with E-state index in [1.165, 1.54) is 18.2 Å². The number of benzene rings is 2. The molecule has 0 radical (unpaired) electrons. The first-order valence-corrected chi connectivity index (χ1v) is 8.39. The van der Waals surface area contributed by atoms with E-state index in [4.69, 9.17) is 4.74 Å². The van der Waals surface area contributed by atoms with Crippen LogP contribution in [0.15, 0.2) is 42.5 Å². The van der Waals surface area contributed by atoms with Gasteiger partial charge in [-0.25, -0.2) is 4.39 Å². The van der Waals surface area contributed by atoms with Gasteiger partial charge in [-0.2, -0.15) is 0 Å². The third-order valence-corrected chi connectivity index (χ3v) is 4.52. The SMILES string of the molecule is Cc1cccc(C(=O)N[C@H](c2ccc(F)cc2)[C@@H]2CCCO2)c1[N+](=O)[O-]. The molecule has 0 saturated carbocycles. The van der Waals surface area contributed by atoms with Crippen LogP contribution in [0.25, 0.3) is 0 Å². The summed E-state index contributed by atoms with van der Waals surface area (Å²) in [7, 11) is 0. The third kappa shape index (κ3) is 3.72. The Balaban J connectivity index is 1.92. The number of carbonyl (C=O) groups excluding carboxylic acids is 1. The molecule has 1 amide bonds. The van der Waals surface area contributed by atoms with E-state index >= 15 is 0 Å². The topological polar surface area (TPSA) is 81.5 Å². The minimum Gasteiger partial charge on any atom is -0.376 e. The quantitative estimate of drug-likeness (QED) is 0.653. The van der Waals surface area contributed by atoms with Gasteiger partial charge < -0.3 is 10.1 Å². The highest BCUT2D eigenvalue weighted by molar-refractivity contribution is 5.98. The number of para-hydroxylation sites is 1. The Bertz CT molecular complexity index is 817. The zero-order chi connectivity index (χ0) is 18.7.